The van der Waals surface area contributed by atoms with E-state index in [4.69, 9.17) is 0 Å². The molecule has 6 heteroatoms. The van der Waals surface area contributed by atoms with Crippen molar-refractivity contribution in [1.29, 1.82) is 5.26 Å². The Kier molecular flexibility index (Phi) is 9.30. The Balaban J connectivity index is 2.28. The van der Waals surface area contributed by atoms with E-state index in [0.717, 1.165) is 24.3 Å². The number of thioether (sulfide) groups is 2. The van der Waals surface area contributed by atoms with Gasteiger partial charge < -0.3 is 10.2 Å². The largest absolute Gasteiger partial charge is 0.321 e. The fourth-order valence-electron chi connectivity index (χ4n) is 2.29. The fraction of sp³-hybridized carbons (Fsp3) is 0.875. The molecule has 0 unspecified atom stereocenters. The number of unbranched alkanes of at least 4 members (excludes halogenated alkanes) is 5. The first-order valence-corrected chi connectivity index (χ1v) is 10.2. The molecule has 0 spiro atoms. The number of hydrogen-bond acceptors (Lipinski definition) is 5. The molecule has 0 saturated carbocycles. The third-order valence-electron chi connectivity index (χ3n) is 3.90. The van der Waals surface area contributed by atoms with Gasteiger partial charge in [-0.1, -0.05) is 39.0 Å². The predicted molar refractivity (Wildman–Crippen MR) is 96.9 cm³/mol. The summed E-state index contributed by atoms with van der Waals surface area (Å²) in [4.78, 5) is 14.3. The molecule has 0 bridgehead atoms. The predicted octanol–water partition coefficient (Wildman–Crippen LogP) is 3.44. The minimum absolute atomic E-state index is 0.0142. The van der Waals surface area contributed by atoms with Crippen LogP contribution in [0.2, 0.25) is 0 Å². The van der Waals surface area contributed by atoms with Crippen LogP contribution in [0.15, 0.2) is 0 Å². The molecule has 0 radical (unpaired) electrons. The summed E-state index contributed by atoms with van der Waals surface area (Å²) in [5.74, 6) is 1.77. The van der Waals surface area contributed by atoms with Crippen LogP contribution in [-0.4, -0.2) is 46.7 Å². The molecule has 1 aliphatic rings. The molecule has 1 heterocycles. The van der Waals surface area contributed by atoms with Crippen LogP contribution in [0.5, 0.6) is 0 Å². The van der Waals surface area contributed by atoms with Gasteiger partial charge in [-0.3, -0.25) is 4.79 Å². The van der Waals surface area contributed by atoms with Crippen LogP contribution < -0.4 is 5.32 Å². The Morgan fingerprint density at radius 3 is 2.36 bits per heavy atom. The lowest BCUT2D eigenvalue weighted by atomic mass is 10.1. The van der Waals surface area contributed by atoms with Gasteiger partial charge >= 0.3 is 0 Å². The topological polar surface area (TPSA) is 56.1 Å². The number of carbonyl (C=O) groups is 1. The van der Waals surface area contributed by atoms with Crippen molar-refractivity contribution in [3.63, 3.8) is 0 Å². The second kappa shape index (κ2) is 10.4. The van der Waals surface area contributed by atoms with E-state index in [1.54, 1.807) is 23.5 Å². The van der Waals surface area contributed by atoms with E-state index in [1.165, 1.54) is 25.7 Å². The van der Waals surface area contributed by atoms with Crippen molar-refractivity contribution >= 4 is 29.4 Å². The molecule has 1 aliphatic heterocycles. The standard InChI is InChI=1S/C16H29N3OS2/c1-4-5-6-7-8-9-10-15(20)18-16(13-17)21-11-14(12-22-16)19(2)3/h14H,4-12H2,1-3H3,(H,18,20). The Morgan fingerprint density at radius 2 is 1.82 bits per heavy atom. The van der Waals surface area contributed by atoms with Crippen molar-refractivity contribution in [3.8, 4) is 6.07 Å². The fourth-order valence-corrected chi connectivity index (χ4v) is 5.37. The van der Waals surface area contributed by atoms with Crippen LogP contribution in [0.3, 0.4) is 0 Å². The Bertz CT molecular complexity index is 374. The van der Waals surface area contributed by atoms with Crippen LogP contribution in [0, 0.1) is 11.3 Å². The number of amides is 1. The average Bonchev–Trinajstić information content (AvgIpc) is 2.51. The zero-order valence-electron chi connectivity index (χ0n) is 14.1. The number of rotatable bonds is 9. The number of hydrogen-bond donors (Lipinski definition) is 1. The van der Waals surface area contributed by atoms with Gasteiger partial charge in [0.25, 0.3) is 0 Å². The van der Waals surface area contributed by atoms with Crippen LogP contribution >= 0.6 is 23.5 Å². The highest BCUT2D eigenvalue weighted by Gasteiger charge is 2.39. The Hall–Kier alpha value is -0.380. The number of nitrogens with zero attached hydrogens (tertiary/aromatic N) is 2. The van der Waals surface area contributed by atoms with E-state index in [1.807, 2.05) is 0 Å². The van der Waals surface area contributed by atoms with Gasteiger partial charge in [0.05, 0.1) is 0 Å². The van der Waals surface area contributed by atoms with E-state index >= 15 is 0 Å². The molecule has 4 nitrogen and oxygen atoms in total. The first-order chi connectivity index (χ1) is 10.5. The molecule has 0 aromatic carbocycles. The molecule has 0 aromatic rings. The first kappa shape index (κ1) is 19.7. The van der Waals surface area contributed by atoms with Gasteiger partial charge in [0, 0.05) is 24.0 Å². The molecular weight excluding hydrogens is 314 g/mol. The third kappa shape index (κ3) is 6.80. The highest BCUT2D eigenvalue weighted by molar-refractivity contribution is 8.19. The summed E-state index contributed by atoms with van der Waals surface area (Å²) >= 11 is 3.11. The average molecular weight is 344 g/mol. The zero-order valence-corrected chi connectivity index (χ0v) is 15.7. The van der Waals surface area contributed by atoms with E-state index in [2.05, 4.69) is 37.3 Å². The van der Waals surface area contributed by atoms with E-state index < -0.39 is 4.20 Å². The number of nitrogens with one attached hydrogen (secondary N) is 1. The second-order valence-electron chi connectivity index (χ2n) is 6.03. The van der Waals surface area contributed by atoms with Crippen LogP contribution in [-0.2, 0) is 4.79 Å². The SMILES string of the molecule is CCCCCCCCC(=O)NC1(C#N)SCC(N(C)C)CS1. The van der Waals surface area contributed by atoms with Gasteiger partial charge in [0.15, 0.2) is 0 Å². The van der Waals surface area contributed by atoms with Gasteiger partial charge in [-0.15, -0.1) is 23.5 Å². The first-order valence-electron chi connectivity index (χ1n) is 8.19. The highest BCUT2D eigenvalue weighted by Crippen LogP contribution is 2.40. The van der Waals surface area contributed by atoms with Crippen LogP contribution in [0.25, 0.3) is 0 Å². The van der Waals surface area contributed by atoms with E-state index in [9.17, 15) is 10.1 Å². The number of carbonyl (C=O) groups excluding carboxylic acids is 1. The summed E-state index contributed by atoms with van der Waals surface area (Å²) in [5, 5.41) is 12.4. The van der Waals surface area contributed by atoms with Gasteiger partial charge in [0.1, 0.15) is 6.07 Å². The highest BCUT2D eigenvalue weighted by atomic mass is 32.2. The summed E-state index contributed by atoms with van der Waals surface area (Å²) in [7, 11) is 4.12. The minimum Gasteiger partial charge on any atom is -0.321 e. The maximum atomic E-state index is 12.1. The van der Waals surface area contributed by atoms with Crippen molar-refractivity contribution in [1.82, 2.24) is 10.2 Å². The quantitative estimate of drug-likeness (QED) is 0.650. The molecule has 0 atom stereocenters. The van der Waals surface area contributed by atoms with Crippen molar-refractivity contribution in [2.24, 2.45) is 0 Å². The molecule has 0 aromatic heterocycles. The smallest absolute Gasteiger partial charge is 0.222 e. The Morgan fingerprint density at radius 1 is 1.23 bits per heavy atom. The molecule has 22 heavy (non-hydrogen) atoms. The zero-order chi connectivity index (χ0) is 16.4. The van der Waals surface area contributed by atoms with Crippen molar-refractivity contribution in [3.05, 3.63) is 0 Å². The maximum Gasteiger partial charge on any atom is 0.222 e. The lowest BCUT2D eigenvalue weighted by Crippen LogP contribution is -2.48. The van der Waals surface area contributed by atoms with E-state index in [0.29, 0.717) is 12.5 Å². The summed E-state index contributed by atoms with van der Waals surface area (Å²) in [6.07, 6.45) is 7.56. The molecule has 1 fully saturated rings. The summed E-state index contributed by atoms with van der Waals surface area (Å²) in [5.41, 5.74) is 0. The van der Waals surface area contributed by atoms with Gasteiger partial charge in [-0.25, -0.2) is 0 Å². The second-order valence-corrected chi connectivity index (χ2v) is 8.76. The lowest BCUT2D eigenvalue weighted by Gasteiger charge is -2.36. The summed E-state index contributed by atoms with van der Waals surface area (Å²) < 4.78 is -0.786. The Labute approximate surface area is 143 Å². The van der Waals surface area contributed by atoms with Gasteiger partial charge in [-0.05, 0) is 20.5 Å². The maximum absolute atomic E-state index is 12.1. The molecule has 0 aliphatic carbocycles. The van der Waals surface area contributed by atoms with Gasteiger partial charge in [-0.2, -0.15) is 5.26 Å². The summed E-state index contributed by atoms with van der Waals surface area (Å²) in [6, 6.07) is 2.77. The molecule has 126 valence electrons. The summed E-state index contributed by atoms with van der Waals surface area (Å²) in [6.45, 7) is 2.20. The lowest BCUT2D eigenvalue weighted by molar-refractivity contribution is -0.121. The molecular formula is C16H29N3OS2. The van der Waals surface area contributed by atoms with Crippen molar-refractivity contribution < 1.29 is 4.79 Å². The van der Waals surface area contributed by atoms with E-state index in [-0.39, 0.29) is 5.91 Å². The molecule has 1 N–H and O–H groups in total. The molecule has 1 saturated heterocycles. The molecule has 1 amide bonds. The minimum atomic E-state index is -0.786. The van der Waals surface area contributed by atoms with Crippen molar-refractivity contribution in [2.45, 2.75) is 62.1 Å². The molecule has 1 rings (SSSR count). The normalized spacial score (nSPS) is 25.0. The number of nitriles is 1. The van der Waals surface area contributed by atoms with Gasteiger partial charge in [0.2, 0.25) is 10.1 Å². The third-order valence-corrected chi connectivity index (χ3v) is 6.91. The van der Waals surface area contributed by atoms with Crippen LogP contribution in [0.1, 0.15) is 51.9 Å². The monoisotopic (exact) mass is 343 g/mol. The van der Waals surface area contributed by atoms with Crippen LogP contribution in [0.4, 0.5) is 0 Å². The van der Waals surface area contributed by atoms with Crippen molar-refractivity contribution in [2.75, 3.05) is 25.6 Å².